The van der Waals surface area contributed by atoms with Gasteiger partial charge in [-0.2, -0.15) is 19.5 Å². The zero-order valence-corrected chi connectivity index (χ0v) is 18.0. The fourth-order valence-electron chi connectivity index (χ4n) is 4.31. The third-order valence-electron chi connectivity index (χ3n) is 5.97. The number of benzene rings is 1. The van der Waals surface area contributed by atoms with Gasteiger partial charge < -0.3 is 15.1 Å². The predicted molar refractivity (Wildman–Crippen MR) is 125 cm³/mol. The van der Waals surface area contributed by atoms with Crippen molar-refractivity contribution in [2.24, 2.45) is 0 Å². The second-order valence-electron chi connectivity index (χ2n) is 8.11. The lowest BCUT2D eigenvalue weighted by atomic mass is 10.1. The zero-order chi connectivity index (χ0) is 22.2. The molecular weight excluding hydrogens is 418 g/mol. The van der Waals surface area contributed by atoms with Crippen molar-refractivity contribution >= 4 is 28.6 Å². The molecule has 1 saturated heterocycles. The summed E-state index contributed by atoms with van der Waals surface area (Å²) in [5, 5.41) is 5.58. The van der Waals surface area contributed by atoms with Gasteiger partial charge in [0.05, 0.1) is 11.8 Å². The Morgan fingerprint density at radius 3 is 2.79 bits per heavy atom. The number of hydrogen-bond donors (Lipinski definition) is 1. The average molecular weight is 441 g/mol. The Labute approximate surface area is 189 Å². The Hall–Kier alpha value is -4.05. The number of rotatable bonds is 4. The molecule has 1 fully saturated rings. The highest BCUT2D eigenvalue weighted by molar-refractivity contribution is 5.81. The van der Waals surface area contributed by atoms with E-state index < -0.39 is 0 Å². The summed E-state index contributed by atoms with van der Waals surface area (Å²) in [6, 6.07) is 14.0. The first-order chi connectivity index (χ1) is 16.2. The molecule has 1 aromatic carbocycles. The molecule has 5 heterocycles. The summed E-state index contributed by atoms with van der Waals surface area (Å²) >= 11 is 0. The fourth-order valence-corrected chi connectivity index (χ4v) is 4.31. The van der Waals surface area contributed by atoms with E-state index in [9.17, 15) is 0 Å². The summed E-state index contributed by atoms with van der Waals surface area (Å²) in [5.74, 6) is 2.24. The van der Waals surface area contributed by atoms with Crippen molar-refractivity contribution in [3.63, 3.8) is 0 Å². The molecule has 166 valence electrons. The average Bonchev–Trinajstić information content (AvgIpc) is 3.46. The van der Waals surface area contributed by atoms with Crippen molar-refractivity contribution in [2.75, 3.05) is 36.8 Å². The molecule has 33 heavy (non-hydrogen) atoms. The number of fused-ring (bicyclic) bond motifs is 2. The molecule has 0 radical (unpaired) electrons. The van der Waals surface area contributed by atoms with E-state index in [1.165, 1.54) is 15.5 Å². The van der Waals surface area contributed by atoms with E-state index in [2.05, 4.69) is 59.1 Å². The van der Waals surface area contributed by atoms with Crippen LogP contribution in [0.1, 0.15) is 12.0 Å². The van der Waals surface area contributed by atoms with E-state index in [1.807, 2.05) is 12.3 Å². The monoisotopic (exact) mass is 441 g/mol. The van der Waals surface area contributed by atoms with Gasteiger partial charge in [0.15, 0.2) is 5.76 Å². The second-order valence-corrected chi connectivity index (χ2v) is 8.11. The van der Waals surface area contributed by atoms with Crippen molar-refractivity contribution < 1.29 is 4.42 Å². The quantitative estimate of drug-likeness (QED) is 0.449. The van der Waals surface area contributed by atoms with Crippen LogP contribution < -0.4 is 10.6 Å². The number of aromatic nitrogens is 6. The second kappa shape index (κ2) is 8.14. The molecule has 10 heteroatoms. The van der Waals surface area contributed by atoms with Crippen molar-refractivity contribution in [3.8, 4) is 11.6 Å². The summed E-state index contributed by atoms with van der Waals surface area (Å²) < 4.78 is 6.84. The number of nitrogens with zero attached hydrogens (tertiary/aromatic N) is 8. The number of para-hydroxylation sites is 1. The molecule has 0 bridgehead atoms. The molecule has 10 nitrogen and oxygen atoms in total. The molecule has 6 rings (SSSR count). The minimum absolute atomic E-state index is 0.254. The summed E-state index contributed by atoms with van der Waals surface area (Å²) in [7, 11) is 0. The van der Waals surface area contributed by atoms with E-state index in [0.717, 1.165) is 44.7 Å². The van der Waals surface area contributed by atoms with Crippen LogP contribution >= 0.6 is 0 Å². The highest BCUT2D eigenvalue weighted by atomic mass is 16.3. The third-order valence-corrected chi connectivity index (χ3v) is 5.97. The molecule has 4 aromatic heterocycles. The molecule has 0 aliphatic carbocycles. The van der Waals surface area contributed by atoms with Crippen LogP contribution in [-0.2, 0) is 6.54 Å². The van der Waals surface area contributed by atoms with Crippen LogP contribution in [0.2, 0.25) is 0 Å². The lowest BCUT2D eigenvalue weighted by molar-refractivity contribution is 0.286. The zero-order valence-electron chi connectivity index (χ0n) is 18.0. The summed E-state index contributed by atoms with van der Waals surface area (Å²) in [6.45, 7) is 4.43. The molecule has 0 atom stereocenters. The Balaban J connectivity index is 1.21. The molecule has 1 aliphatic heterocycles. The SMILES string of the molecule is Nc1nc(N2CCCN(Cc3ccnc4ccccc34)CC2)nc2nc(-c3ccco3)nn12. The lowest BCUT2D eigenvalue weighted by Gasteiger charge is -2.22. The topological polar surface area (TPSA) is 114 Å². The van der Waals surface area contributed by atoms with Crippen LogP contribution in [0.25, 0.3) is 28.3 Å². The Morgan fingerprint density at radius 1 is 0.939 bits per heavy atom. The van der Waals surface area contributed by atoms with Crippen molar-refractivity contribution in [2.45, 2.75) is 13.0 Å². The van der Waals surface area contributed by atoms with Crippen LogP contribution in [0, 0.1) is 0 Å². The van der Waals surface area contributed by atoms with Gasteiger partial charge in [0.1, 0.15) is 0 Å². The van der Waals surface area contributed by atoms with Crippen molar-refractivity contribution in [1.82, 2.24) is 34.4 Å². The Bertz CT molecular complexity index is 1410. The number of nitrogen functional groups attached to an aromatic ring is 1. The largest absolute Gasteiger partial charge is 0.461 e. The van der Waals surface area contributed by atoms with Crippen molar-refractivity contribution in [3.05, 3.63) is 60.5 Å². The first-order valence-electron chi connectivity index (χ1n) is 11.0. The molecule has 0 unspecified atom stereocenters. The highest BCUT2D eigenvalue weighted by Gasteiger charge is 2.21. The van der Waals surface area contributed by atoms with Gasteiger partial charge in [-0.05, 0) is 36.2 Å². The third kappa shape index (κ3) is 3.74. The number of hydrogen-bond acceptors (Lipinski definition) is 9. The Kier molecular flexibility index (Phi) is 4.84. The first kappa shape index (κ1) is 19.6. The molecule has 0 saturated carbocycles. The number of nitrogens with two attached hydrogens (primary N) is 1. The number of pyridine rings is 1. The molecular formula is C23H23N9O. The summed E-state index contributed by atoms with van der Waals surface area (Å²) in [6.07, 6.45) is 4.48. The van der Waals surface area contributed by atoms with Crippen LogP contribution in [0.4, 0.5) is 11.9 Å². The smallest absolute Gasteiger partial charge is 0.259 e. The van der Waals surface area contributed by atoms with Crippen LogP contribution in [-0.4, -0.2) is 60.6 Å². The maximum Gasteiger partial charge on any atom is 0.259 e. The van der Waals surface area contributed by atoms with Gasteiger partial charge in [-0.3, -0.25) is 9.88 Å². The number of anilines is 2. The summed E-state index contributed by atoms with van der Waals surface area (Å²) in [4.78, 5) is 22.7. The maximum absolute atomic E-state index is 6.19. The minimum Gasteiger partial charge on any atom is -0.461 e. The van der Waals surface area contributed by atoms with Gasteiger partial charge in [0, 0.05) is 44.3 Å². The first-order valence-corrected chi connectivity index (χ1v) is 11.0. The van der Waals surface area contributed by atoms with E-state index in [-0.39, 0.29) is 5.95 Å². The van der Waals surface area contributed by atoms with E-state index in [0.29, 0.717) is 23.3 Å². The molecule has 5 aromatic rings. The van der Waals surface area contributed by atoms with E-state index in [1.54, 1.807) is 18.4 Å². The van der Waals surface area contributed by atoms with Gasteiger partial charge in [-0.1, -0.05) is 18.2 Å². The predicted octanol–water partition coefficient (Wildman–Crippen LogP) is 2.62. The van der Waals surface area contributed by atoms with Crippen molar-refractivity contribution in [1.29, 1.82) is 0 Å². The van der Waals surface area contributed by atoms with Crippen LogP contribution in [0.15, 0.2) is 59.3 Å². The van der Waals surface area contributed by atoms with Gasteiger partial charge in [-0.15, -0.1) is 5.10 Å². The van der Waals surface area contributed by atoms with Gasteiger partial charge in [0.25, 0.3) is 5.78 Å². The molecule has 1 aliphatic rings. The lowest BCUT2D eigenvalue weighted by Crippen LogP contribution is -2.32. The Morgan fingerprint density at radius 2 is 1.88 bits per heavy atom. The number of furan rings is 1. The minimum atomic E-state index is 0.254. The highest BCUT2D eigenvalue weighted by Crippen LogP contribution is 2.21. The molecule has 0 amide bonds. The fraction of sp³-hybridized carbons (Fsp3) is 0.261. The molecule has 0 spiro atoms. The molecule has 2 N–H and O–H groups in total. The van der Waals surface area contributed by atoms with Crippen LogP contribution in [0.5, 0.6) is 0 Å². The van der Waals surface area contributed by atoms with Gasteiger partial charge >= 0.3 is 0 Å². The summed E-state index contributed by atoms with van der Waals surface area (Å²) in [5.41, 5.74) is 8.52. The maximum atomic E-state index is 6.19. The van der Waals surface area contributed by atoms with Crippen LogP contribution in [0.3, 0.4) is 0 Å². The van der Waals surface area contributed by atoms with E-state index >= 15 is 0 Å². The van der Waals surface area contributed by atoms with Gasteiger partial charge in [-0.25, -0.2) is 0 Å². The standard InChI is InChI=1S/C23H23N9O/c24-21-27-22(28-23-26-20(29-32(21)23)19-7-3-14-33-19)31-11-4-10-30(12-13-31)15-16-8-9-25-18-6-2-1-5-17(16)18/h1-3,5-9,14H,4,10-13,15H2,(H2,24,26,27,28,29). The van der Waals surface area contributed by atoms with Gasteiger partial charge in [0.2, 0.25) is 17.7 Å². The normalized spacial score (nSPS) is 15.3. The van der Waals surface area contributed by atoms with E-state index in [4.69, 9.17) is 10.2 Å².